The summed E-state index contributed by atoms with van der Waals surface area (Å²) in [4.78, 5) is 34.1. The van der Waals surface area contributed by atoms with Gasteiger partial charge in [-0.3, -0.25) is 0 Å². The zero-order valence-electron chi connectivity index (χ0n) is 17.0. The molecule has 6 rings (SSSR count). The van der Waals surface area contributed by atoms with Gasteiger partial charge in [0, 0.05) is 21.5 Å². The second-order valence-electron chi connectivity index (χ2n) is 7.40. The molecule has 4 heterocycles. The van der Waals surface area contributed by atoms with Gasteiger partial charge in [0.2, 0.25) is 0 Å². The van der Waals surface area contributed by atoms with E-state index in [0.29, 0.717) is 40.1 Å². The highest BCUT2D eigenvalue weighted by molar-refractivity contribution is 7.11. The summed E-state index contributed by atoms with van der Waals surface area (Å²) in [6, 6.07) is 18.4. The van der Waals surface area contributed by atoms with Crippen molar-refractivity contribution in [3.8, 4) is 22.5 Å². The topological polar surface area (TPSA) is 86.2 Å². The summed E-state index contributed by atoms with van der Waals surface area (Å²) < 4.78 is 10.9. The molecule has 160 valence electrons. The van der Waals surface area contributed by atoms with Gasteiger partial charge in [0.25, 0.3) is 0 Å². The van der Waals surface area contributed by atoms with E-state index in [4.69, 9.17) is 8.83 Å². The molecule has 0 fully saturated rings. The van der Waals surface area contributed by atoms with Gasteiger partial charge in [0.15, 0.2) is 0 Å². The quantitative estimate of drug-likeness (QED) is 0.306. The molecule has 4 aromatic heterocycles. The third-order valence-electron chi connectivity index (χ3n) is 5.24. The number of hydrogen-bond donors (Lipinski definition) is 0. The number of fused-ring (bicyclic) bond motifs is 2. The van der Waals surface area contributed by atoms with Crippen LogP contribution in [0, 0.1) is 0 Å². The molecule has 8 heteroatoms. The fourth-order valence-electron chi connectivity index (χ4n) is 3.64. The lowest BCUT2D eigenvalue weighted by Crippen LogP contribution is -2.03. The lowest BCUT2D eigenvalue weighted by atomic mass is 10.1. The Bertz CT molecular complexity index is 1630. The molecule has 0 N–H and O–H groups in total. The maximum atomic E-state index is 12.4. The molecule has 0 amide bonds. The number of aromatic nitrogens is 2. The Morgan fingerprint density at radius 3 is 1.61 bits per heavy atom. The largest absolute Gasteiger partial charge is 0.422 e. The zero-order valence-corrected chi connectivity index (χ0v) is 18.6. The summed E-state index contributed by atoms with van der Waals surface area (Å²) in [5.74, 6) is 0. The molecule has 0 radical (unpaired) electrons. The molecule has 0 aliphatic carbocycles. The van der Waals surface area contributed by atoms with Crippen LogP contribution in [0.4, 0.5) is 0 Å². The van der Waals surface area contributed by atoms with Crippen LogP contribution in [-0.4, -0.2) is 9.97 Å². The van der Waals surface area contributed by atoms with Crippen molar-refractivity contribution in [1.29, 1.82) is 0 Å². The molecule has 6 nitrogen and oxygen atoms in total. The molecule has 0 aliphatic rings. The average molecular weight is 471 g/mol. The van der Waals surface area contributed by atoms with E-state index in [0.717, 1.165) is 20.8 Å². The molecule has 0 unspecified atom stereocenters. The van der Waals surface area contributed by atoms with Crippen LogP contribution in [0.1, 0.15) is 10.0 Å². The minimum atomic E-state index is -0.412. The van der Waals surface area contributed by atoms with Crippen LogP contribution in [0.25, 0.3) is 44.5 Å². The Labute approximate surface area is 194 Å². The Morgan fingerprint density at radius 1 is 0.667 bits per heavy atom. The van der Waals surface area contributed by atoms with Crippen molar-refractivity contribution in [3.05, 3.63) is 102 Å². The van der Waals surface area contributed by atoms with Crippen LogP contribution >= 0.6 is 22.7 Å². The molecule has 0 atom stereocenters. The number of hydrogen-bond acceptors (Lipinski definition) is 8. The van der Waals surface area contributed by atoms with E-state index >= 15 is 0 Å². The molecule has 0 aliphatic heterocycles. The minimum Gasteiger partial charge on any atom is -0.422 e. The van der Waals surface area contributed by atoms with Crippen LogP contribution in [0.2, 0.25) is 0 Å². The summed E-state index contributed by atoms with van der Waals surface area (Å²) in [5, 5.41) is 7.04. The van der Waals surface area contributed by atoms with Crippen molar-refractivity contribution in [1.82, 2.24) is 9.97 Å². The van der Waals surface area contributed by atoms with Crippen LogP contribution < -0.4 is 11.3 Å². The number of para-hydroxylation sites is 2. The van der Waals surface area contributed by atoms with Crippen molar-refractivity contribution in [2.75, 3.05) is 0 Å². The number of benzene rings is 2. The summed E-state index contributed by atoms with van der Waals surface area (Å²) >= 11 is 2.92. The van der Waals surface area contributed by atoms with Gasteiger partial charge < -0.3 is 8.83 Å². The average Bonchev–Trinajstić information content (AvgIpc) is 3.48. The highest BCUT2D eigenvalue weighted by atomic mass is 32.1. The normalized spacial score (nSPS) is 11.4. The third kappa shape index (κ3) is 3.69. The SMILES string of the molecule is O=c1oc2ccccc2cc1-c1csc(Cc2nc(-c3cc4ccccc4oc3=O)cs2)n1. The van der Waals surface area contributed by atoms with E-state index in [1.807, 2.05) is 47.2 Å². The van der Waals surface area contributed by atoms with E-state index in [9.17, 15) is 9.59 Å². The first-order valence-electron chi connectivity index (χ1n) is 10.1. The molecular formula is C25H14N2O4S2. The Balaban J connectivity index is 1.29. The highest BCUT2D eigenvalue weighted by Gasteiger charge is 2.15. The van der Waals surface area contributed by atoms with E-state index in [-0.39, 0.29) is 0 Å². The lowest BCUT2D eigenvalue weighted by molar-refractivity contribution is 0.563. The summed E-state index contributed by atoms with van der Waals surface area (Å²) in [6.45, 7) is 0. The van der Waals surface area contributed by atoms with Crippen molar-refractivity contribution in [2.45, 2.75) is 6.42 Å². The van der Waals surface area contributed by atoms with E-state index in [1.54, 1.807) is 24.3 Å². The highest BCUT2D eigenvalue weighted by Crippen LogP contribution is 2.27. The predicted octanol–water partition coefficient (Wildman–Crippen LogP) is 5.74. The standard InChI is InChI=1S/C25H14N2O4S2/c28-24-16(9-14-5-1-3-7-20(14)30-24)18-12-32-22(26-18)11-23-27-19(13-33-23)17-10-15-6-2-4-8-21(15)31-25(17)29/h1-10,12-13H,11H2. The second-order valence-corrected chi connectivity index (χ2v) is 9.29. The van der Waals surface area contributed by atoms with Gasteiger partial charge >= 0.3 is 11.3 Å². The number of thiazole rings is 2. The fourth-order valence-corrected chi connectivity index (χ4v) is 5.33. The second kappa shape index (κ2) is 7.91. The summed E-state index contributed by atoms with van der Waals surface area (Å²) in [5.41, 5.74) is 2.32. The van der Waals surface area contributed by atoms with Crippen molar-refractivity contribution < 1.29 is 8.83 Å². The maximum Gasteiger partial charge on any atom is 0.345 e. The summed E-state index contributed by atoms with van der Waals surface area (Å²) in [7, 11) is 0. The van der Waals surface area contributed by atoms with Gasteiger partial charge in [0.05, 0.1) is 28.9 Å². The Morgan fingerprint density at radius 2 is 1.12 bits per heavy atom. The first-order chi connectivity index (χ1) is 16.1. The van der Waals surface area contributed by atoms with Crippen molar-refractivity contribution >= 4 is 44.6 Å². The van der Waals surface area contributed by atoms with E-state index in [1.165, 1.54) is 22.7 Å². The third-order valence-corrected chi connectivity index (χ3v) is 6.94. The number of nitrogens with zero attached hydrogens (tertiary/aromatic N) is 2. The Hall–Kier alpha value is -3.88. The van der Waals surface area contributed by atoms with Gasteiger partial charge in [-0.2, -0.15) is 0 Å². The molecule has 0 saturated carbocycles. The molecule has 33 heavy (non-hydrogen) atoms. The van der Waals surface area contributed by atoms with Gasteiger partial charge in [0.1, 0.15) is 21.2 Å². The van der Waals surface area contributed by atoms with Crippen LogP contribution in [0.15, 0.2) is 89.8 Å². The molecule has 2 aromatic carbocycles. The Kier molecular flexibility index (Phi) is 4.74. The van der Waals surface area contributed by atoms with Gasteiger partial charge in [-0.05, 0) is 24.3 Å². The van der Waals surface area contributed by atoms with Crippen LogP contribution in [0.5, 0.6) is 0 Å². The van der Waals surface area contributed by atoms with Gasteiger partial charge in [-0.1, -0.05) is 36.4 Å². The monoisotopic (exact) mass is 470 g/mol. The maximum absolute atomic E-state index is 12.4. The fraction of sp³-hybridized carbons (Fsp3) is 0.0400. The van der Waals surface area contributed by atoms with Crippen molar-refractivity contribution in [2.24, 2.45) is 0 Å². The lowest BCUT2D eigenvalue weighted by Gasteiger charge is -1.99. The number of rotatable bonds is 4. The molecular weight excluding hydrogens is 456 g/mol. The van der Waals surface area contributed by atoms with Crippen molar-refractivity contribution in [3.63, 3.8) is 0 Å². The van der Waals surface area contributed by atoms with Gasteiger partial charge in [-0.15, -0.1) is 22.7 Å². The summed E-state index contributed by atoms with van der Waals surface area (Å²) in [6.07, 6.45) is 0.507. The predicted molar refractivity (Wildman–Crippen MR) is 130 cm³/mol. The van der Waals surface area contributed by atoms with Gasteiger partial charge in [-0.25, -0.2) is 19.6 Å². The molecule has 0 spiro atoms. The first-order valence-corrected chi connectivity index (χ1v) is 11.9. The van der Waals surface area contributed by atoms with E-state index < -0.39 is 11.3 Å². The molecule has 0 saturated heterocycles. The van der Waals surface area contributed by atoms with Crippen LogP contribution in [0.3, 0.4) is 0 Å². The smallest absolute Gasteiger partial charge is 0.345 e. The first kappa shape index (κ1) is 19.8. The molecule has 6 aromatic rings. The zero-order chi connectivity index (χ0) is 22.4. The van der Waals surface area contributed by atoms with E-state index in [2.05, 4.69) is 9.97 Å². The van der Waals surface area contributed by atoms with Crippen LogP contribution in [-0.2, 0) is 6.42 Å². The molecule has 0 bridgehead atoms. The minimum absolute atomic E-state index is 0.412.